The van der Waals surface area contributed by atoms with Crippen LogP contribution in [0.1, 0.15) is 28.2 Å². The number of pyridine rings is 1. The Morgan fingerprint density at radius 1 is 1.44 bits per heavy atom. The fourth-order valence-electron chi connectivity index (χ4n) is 1.19. The van der Waals surface area contributed by atoms with Gasteiger partial charge in [-0.3, -0.25) is 4.79 Å². The monoisotopic (exact) mass is 270 g/mol. The molecule has 0 spiro atoms. The molecule has 0 aromatic carbocycles. The lowest BCUT2D eigenvalue weighted by atomic mass is 10.1. The number of rotatable bonds is 4. The molecule has 2 N–H and O–H groups in total. The average Bonchev–Trinajstić information content (AvgIpc) is 2.25. The number of hydrogen-bond acceptors (Lipinski definition) is 4. The van der Waals surface area contributed by atoms with Crippen LogP contribution >= 0.6 is 0 Å². The Balaban J connectivity index is 3.30. The summed E-state index contributed by atoms with van der Waals surface area (Å²) in [5.41, 5.74) is 2.97. The maximum absolute atomic E-state index is 12.5. The second-order valence-corrected chi connectivity index (χ2v) is 3.08. The predicted octanol–water partition coefficient (Wildman–Crippen LogP) is 2.19. The lowest BCUT2D eigenvalue weighted by molar-refractivity contribution is -0.275. The lowest BCUT2D eigenvalue weighted by Gasteiger charge is -2.14. The minimum absolute atomic E-state index is 0.0297. The maximum atomic E-state index is 12.5. The van der Waals surface area contributed by atoms with Gasteiger partial charge in [0.25, 0.3) is 6.43 Å². The normalized spacial score (nSPS) is 11.7. The molecule has 18 heavy (non-hydrogen) atoms. The molecule has 4 nitrogen and oxygen atoms in total. The van der Waals surface area contributed by atoms with E-state index in [1.54, 1.807) is 0 Å². The van der Waals surface area contributed by atoms with Gasteiger partial charge in [-0.25, -0.2) is 13.8 Å². The summed E-state index contributed by atoms with van der Waals surface area (Å²) in [6, 6.07) is 0.539. The first-order valence-corrected chi connectivity index (χ1v) is 4.51. The molecule has 0 radical (unpaired) electrons. The zero-order valence-electron chi connectivity index (χ0n) is 8.67. The minimum atomic E-state index is -5.03. The van der Waals surface area contributed by atoms with Crippen LogP contribution in [0, 0.1) is 0 Å². The van der Waals surface area contributed by atoms with E-state index in [1.165, 1.54) is 0 Å². The number of carbonyl (C=O) groups excluding carboxylic acids is 1. The smallest absolute Gasteiger partial charge is 0.404 e. The van der Waals surface area contributed by atoms with Gasteiger partial charge in [-0.2, -0.15) is 0 Å². The third-order valence-corrected chi connectivity index (χ3v) is 1.87. The van der Waals surface area contributed by atoms with Crippen LogP contribution in [0.15, 0.2) is 6.07 Å². The van der Waals surface area contributed by atoms with Gasteiger partial charge >= 0.3 is 6.36 Å². The van der Waals surface area contributed by atoms with E-state index in [0.29, 0.717) is 6.07 Å². The molecule has 0 bridgehead atoms. The van der Waals surface area contributed by atoms with E-state index in [9.17, 15) is 26.7 Å². The van der Waals surface area contributed by atoms with Crippen LogP contribution in [-0.4, -0.2) is 17.6 Å². The van der Waals surface area contributed by atoms with E-state index in [4.69, 9.17) is 5.73 Å². The standard InChI is InChI=1S/C9H7F5N2O2/c10-8(11)7-4(3-17)1-6(5(2-15)16-7)18-9(12,13)14/h1,3,8H,2,15H2. The summed E-state index contributed by atoms with van der Waals surface area (Å²) in [5.74, 6) is -0.864. The van der Waals surface area contributed by atoms with E-state index in [0.717, 1.165) is 0 Å². The fourth-order valence-corrected chi connectivity index (χ4v) is 1.19. The lowest BCUT2D eigenvalue weighted by Crippen LogP contribution is -2.20. The summed E-state index contributed by atoms with van der Waals surface area (Å²) < 4.78 is 64.6. The van der Waals surface area contributed by atoms with E-state index in [2.05, 4.69) is 9.72 Å². The van der Waals surface area contributed by atoms with Crippen LogP contribution in [0.25, 0.3) is 0 Å². The van der Waals surface area contributed by atoms with Gasteiger partial charge in [0.15, 0.2) is 12.0 Å². The Hall–Kier alpha value is -1.77. The van der Waals surface area contributed by atoms with Crippen molar-refractivity contribution < 1.29 is 31.5 Å². The Morgan fingerprint density at radius 2 is 2.06 bits per heavy atom. The second kappa shape index (κ2) is 5.25. The van der Waals surface area contributed by atoms with E-state index in [1.807, 2.05) is 0 Å². The van der Waals surface area contributed by atoms with Crippen molar-refractivity contribution in [3.05, 3.63) is 23.0 Å². The molecule has 0 fully saturated rings. The molecule has 0 amide bonds. The first-order valence-electron chi connectivity index (χ1n) is 4.51. The molecule has 0 saturated heterocycles. The van der Waals surface area contributed by atoms with Crippen LogP contribution in [0.5, 0.6) is 5.75 Å². The number of halogens is 5. The molecule has 0 aliphatic heterocycles. The molecule has 1 heterocycles. The van der Waals surface area contributed by atoms with Gasteiger partial charge in [0.1, 0.15) is 5.69 Å². The number of aromatic nitrogens is 1. The van der Waals surface area contributed by atoms with Crippen molar-refractivity contribution >= 4 is 6.29 Å². The number of hydrogen-bond donors (Lipinski definition) is 1. The van der Waals surface area contributed by atoms with Gasteiger partial charge in [0, 0.05) is 12.1 Å². The van der Waals surface area contributed by atoms with E-state index < -0.39 is 42.0 Å². The van der Waals surface area contributed by atoms with Gasteiger partial charge in [-0.15, -0.1) is 13.2 Å². The van der Waals surface area contributed by atoms with Crippen LogP contribution < -0.4 is 10.5 Å². The molecule has 9 heteroatoms. The highest BCUT2D eigenvalue weighted by Gasteiger charge is 2.33. The molecule has 100 valence electrons. The third-order valence-electron chi connectivity index (χ3n) is 1.87. The first kappa shape index (κ1) is 14.3. The van der Waals surface area contributed by atoms with Crippen molar-refractivity contribution in [3.63, 3.8) is 0 Å². The zero-order valence-corrected chi connectivity index (χ0v) is 8.67. The molecular weight excluding hydrogens is 263 g/mol. The molecule has 0 atom stereocenters. The molecule has 0 aliphatic carbocycles. The van der Waals surface area contributed by atoms with Gasteiger partial charge in [-0.05, 0) is 6.07 Å². The summed E-state index contributed by atoms with van der Waals surface area (Å²) in [4.78, 5) is 13.7. The van der Waals surface area contributed by atoms with E-state index >= 15 is 0 Å². The average molecular weight is 270 g/mol. The van der Waals surface area contributed by atoms with Crippen LogP contribution in [-0.2, 0) is 6.54 Å². The summed E-state index contributed by atoms with van der Waals surface area (Å²) in [5, 5.41) is 0. The molecule has 0 aliphatic rings. The summed E-state index contributed by atoms with van der Waals surface area (Å²) in [6.07, 6.45) is -8.16. The van der Waals surface area contributed by atoms with Gasteiger partial charge in [0.05, 0.1) is 5.69 Å². The fraction of sp³-hybridized carbons (Fsp3) is 0.333. The number of carbonyl (C=O) groups is 1. The number of nitrogens with two attached hydrogens (primary N) is 1. The van der Waals surface area contributed by atoms with Crippen LogP contribution in [0.2, 0.25) is 0 Å². The van der Waals surface area contributed by atoms with Crippen LogP contribution in [0.4, 0.5) is 22.0 Å². The Morgan fingerprint density at radius 3 is 2.44 bits per heavy atom. The molecule has 1 aromatic rings. The van der Waals surface area contributed by atoms with Crippen molar-refractivity contribution in [2.24, 2.45) is 5.73 Å². The van der Waals surface area contributed by atoms with E-state index in [-0.39, 0.29) is 6.29 Å². The molecule has 0 unspecified atom stereocenters. The minimum Gasteiger partial charge on any atom is -0.404 e. The largest absolute Gasteiger partial charge is 0.573 e. The second-order valence-electron chi connectivity index (χ2n) is 3.08. The SMILES string of the molecule is NCc1nc(C(F)F)c(C=O)cc1OC(F)(F)F. The highest BCUT2D eigenvalue weighted by atomic mass is 19.4. The summed E-state index contributed by atoms with van der Waals surface area (Å²) >= 11 is 0. The quantitative estimate of drug-likeness (QED) is 0.672. The number of ether oxygens (including phenoxy) is 1. The van der Waals surface area contributed by atoms with Crippen LogP contribution in [0.3, 0.4) is 0 Å². The predicted molar refractivity (Wildman–Crippen MR) is 49.2 cm³/mol. The van der Waals surface area contributed by atoms with Crippen molar-refractivity contribution in [3.8, 4) is 5.75 Å². The number of aldehydes is 1. The summed E-state index contributed by atoms with van der Waals surface area (Å²) in [7, 11) is 0. The zero-order chi connectivity index (χ0) is 13.9. The molecule has 1 rings (SSSR count). The molecule has 0 saturated carbocycles. The first-order chi connectivity index (χ1) is 8.28. The Bertz CT molecular complexity index is 447. The van der Waals surface area contributed by atoms with Crippen molar-refractivity contribution in [2.45, 2.75) is 19.3 Å². The van der Waals surface area contributed by atoms with Gasteiger partial charge in [-0.1, -0.05) is 0 Å². The summed E-state index contributed by atoms with van der Waals surface area (Å²) in [6.45, 7) is -0.537. The van der Waals surface area contributed by atoms with Crippen molar-refractivity contribution in [1.29, 1.82) is 0 Å². The Labute approximate surface area is 97.6 Å². The van der Waals surface area contributed by atoms with Crippen molar-refractivity contribution in [1.82, 2.24) is 4.98 Å². The highest BCUT2D eigenvalue weighted by molar-refractivity contribution is 5.77. The molecular formula is C9H7F5N2O2. The van der Waals surface area contributed by atoms with Gasteiger partial charge < -0.3 is 10.5 Å². The number of alkyl halides is 5. The highest BCUT2D eigenvalue weighted by Crippen LogP contribution is 2.30. The topological polar surface area (TPSA) is 65.2 Å². The maximum Gasteiger partial charge on any atom is 0.573 e. The Kier molecular flexibility index (Phi) is 4.17. The third kappa shape index (κ3) is 3.36. The van der Waals surface area contributed by atoms with Gasteiger partial charge in [0.2, 0.25) is 0 Å². The molecule has 1 aromatic heterocycles. The van der Waals surface area contributed by atoms with Crippen molar-refractivity contribution in [2.75, 3.05) is 0 Å². The number of nitrogens with zero attached hydrogens (tertiary/aromatic N) is 1.